The van der Waals surface area contributed by atoms with Crippen molar-refractivity contribution in [1.29, 1.82) is 0 Å². The van der Waals surface area contributed by atoms with Crippen molar-refractivity contribution in [2.75, 3.05) is 0 Å². The lowest BCUT2D eigenvalue weighted by atomic mass is 10.0. The molecule has 19 heavy (non-hydrogen) atoms. The predicted molar refractivity (Wildman–Crippen MR) is 83.4 cm³/mol. The van der Waals surface area contributed by atoms with Crippen LogP contribution in [0.2, 0.25) is 0 Å². The maximum Gasteiger partial charge on any atom is 0.136 e. The highest BCUT2D eigenvalue weighted by molar-refractivity contribution is 7.90. The minimum absolute atomic E-state index is 0.0738. The highest BCUT2D eigenvalue weighted by atomic mass is 32.2. The molecule has 2 unspecified atom stereocenters. The Morgan fingerprint density at radius 1 is 1.05 bits per heavy atom. The van der Waals surface area contributed by atoms with Gasteiger partial charge in [0, 0.05) is 11.4 Å². The van der Waals surface area contributed by atoms with E-state index in [2.05, 4.69) is 35.1 Å². The van der Waals surface area contributed by atoms with Crippen LogP contribution in [0.25, 0.3) is 10.8 Å². The molecule has 2 aromatic carbocycles. The monoisotopic (exact) mass is 275 g/mol. The van der Waals surface area contributed by atoms with Crippen LogP contribution in [0.3, 0.4) is 0 Å². The maximum atomic E-state index is 12.1. The first-order valence-corrected chi connectivity index (χ1v) is 7.69. The number of rotatable bonds is 3. The first-order valence-electron chi connectivity index (χ1n) is 6.54. The Morgan fingerprint density at radius 3 is 2.32 bits per heavy atom. The molecule has 0 aromatic heterocycles. The summed E-state index contributed by atoms with van der Waals surface area (Å²) in [6, 6.07) is 14.7. The lowest BCUT2D eigenvalue weighted by Crippen LogP contribution is -2.40. The summed E-state index contributed by atoms with van der Waals surface area (Å²) < 4.78 is 15.0. The van der Waals surface area contributed by atoms with E-state index in [-0.39, 0.29) is 10.8 Å². The second-order valence-electron chi connectivity index (χ2n) is 5.83. The van der Waals surface area contributed by atoms with E-state index in [9.17, 15) is 4.55 Å². The van der Waals surface area contributed by atoms with Crippen LogP contribution in [0.5, 0.6) is 0 Å². The van der Waals surface area contributed by atoms with Crippen LogP contribution in [-0.4, -0.2) is 9.30 Å². The second kappa shape index (κ2) is 5.53. The van der Waals surface area contributed by atoms with E-state index in [0.29, 0.717) is 0 Å². The van der Waals surface area contributed by atoms with Crippen LogP contribution < -0.4 is 4.72 Å². The molecule has 1 N–H and O–H groups in total. The van der Waals surface area contributed by atoms with Crippen LogP contribution in [0, 0.1) is 0 Å². The zero-order valence-electron chi connectivity index (χ0n) is 11.9. The minimum Gasteiger partial charge on any atom is -0.598 e. The molecule has 0 saturated heterocycles. The fourth-order valence-electron chi connectivity index (χ4n) is 1.88. The fourth-order valence-corrected chi connectivity index (χ4v) is 2.69. The minimum atomic E-state index is -1.05. The summed E-state index contributed by atoms with van der Waals surface area (Å²) in [5, 5.41) is 2.45. The molecule has 0 aliphatic rings. The Bertz CT molecular complexity index is 562. The summed E-state index contributed by atoms with van der Waals surface area (Å²) in [6.07, 6.45) is 0. The Labute approximate surface area is 118 Å². The van der Waals surface area contributed by atoms with Crippen LogP contribution in [0.1, 0.15) is 39.3 Å². The summed E-state index contributed by atoms with van der Waals surface area (Å²) in [6.45, 7) is 7.98. The number of benzene rings is 2. The van der Waals surface area contributed by atoms with Crippen LogP contribution >= 0.6 is 0 Å². The number of hydrogen-bond donors (Lipinski definition) is 1. The van der Waals surface area contributed by atoms with E-state index in [0.717, 1.165) is 5.56 Å². The first-order chi connectivity index (χ1) is 8.88. The third kappa shape index (κ3) is 3.50. The second-order valence-corrected chi connectivity index (χ2v) is 7.83. The van der Waals surface area contributed by atoms with Crippen molar-refractivity contribution in [2.45, 2.75) is 38.5 Å². The van der Waals surface area contributed by atoms with Gasteiger partial charge >= 0.3 is 0 Å². The van der Waals surface area contributed by atoms with Gasteiger partial charge in [-0.3, -0.25) is 0 Å². The molecule has 0 saturated carbocycles. The highest BCUT2D eigenvalue weighted by Gasteiger charge is 2.28. The van der Waals surface area contributed by atoms with Gasteiger partial charge in [-0.15, -0.1) is 4.72 Å². The molecular weight excluding hydrogens is 254 g/mol. The normalized spacial score (nSPS) is 15.4. The van der Waals surface area contributed by atoms with E-state index in [1.807, 2.05) is 39.8 Å². The summed E-state index contributed by atoms with van der Waals surface area (Å²) >= 11 is -1.05. The molecule has 0 amide bonds. The van der Waals surface area contributed by atoms with Crippen molar-refractivity contribution in [3.8, 4) is 0 Å². The number of fused-ring (bicyclic) bond motifs is 1. The van der Waals surface area contributed by atoms with Crippen LogP contribution in [0.4, 0.5) is 0 Å². The average molecular weight is 275 g/mol. The Kier molecular flexibility index (Phi) is 4.19. The van der Waals surface area contributed by atoms with Gasteiger partial charge < -0.3 is 4.55 Å². The molecule has 0 radical (unpaired) electrons. The predicted octanol–water partition coefficient (Wildman–Crippen LogP) is 3.95. The Morgan fingerprint density at radius 2 is 1.68 bits per heavy atom. The standard InChI is InChI=1S/C16H21NOS/c1-12(17-19(18)16(2,3)4)14-10-9-13-7-5-6-8-15(13)11-14/h5-12,17H,1-4H3. The number of nitrogens with one attached hydrogen (secondary N) is 1. The van der Waals surface area contributed by atoms with Crippen molar-refractivity contribution in [2.24, 2.45) is 0 Å². The van der Waals surface area contributed by atoms with Gasteiger partial charge in [-0.25, -0.2) is 0 Å². The molecular formula is C16H21NOS. The molecule has 0 spiro atoms. The van der Waals surface area contributed by atoms with Gasteiger partial charge in [0.2, 0.25) is 0 Å². The molecule has 0 bridgehead atoms. The Balaban J connectivity index is 2.19. The smallest absolute Gasteiger partial charge is 0.136 e. The fraction of sp³-hybridized carbons (Fsp3) is 0.375. The molecule has 0 heterocycles. The van der Waals surface area contributed by atoms with Crippen LogP contribution in [-0.2, 0) is 11.4 Å². The molecule has 3 heteroatoms. The highest BCUT2D eigenvalue weighted by Crippen LogP contribution is 2.23. The van der Waals surface area contributed by atoms with Gasteiger partial charge in [0.15, 0.2) is 0 Å². The van der Waals surface area contributed by atoms with E-state index < -0.39 is 11.4 Å². The quantitative estimate of drug-likeness (QED) is 0.861. The van der Waals surface area contributed by atoms with E-state index >= 15 is 0 Å². The van der Waals surface area contributed by atoms with Gasteiger partial charge in [0.25, 0.3) is 0 Å². The molecule has 0 fully saturated rings. The van der Waals surface area contributed by atoms with Crippen molar-refractivity contribution in [1.82, 2.24) is 4.72 Å². The van der Waals surface area contributed by atoms with E-state index in [4.69, 9.17) is 0 Å². The van der Waals surface area contributed by atoms with Gasteiger partial charge in [0.05, 0.1) is 6.04 Å². The molecule has 2 aromatic rings. The van der Waals surface area contributed by atoms with Crippen molar-refractivity contribution >= 4 is 22.1 Å². The molecule has 0 aliphatic carbocycles. The van der Waals surface area contributed by atoms with E-state index in [1.54, 1.807) is 0 Å². The maximum absolute atomic E-state index is 12.1. The lowest BCUT2D eigenvalue weighted by Gasteiger charge is -2.26. The average Bonchev–Trinajstić information content (AvgIpc) is 2.37. The zero-order chi connectivity index (χ0) is 14.0. The molecule has 2 rings (SSSR count). The summed E-state index contributed by atoms with van der Waals surface area (Å²) in [4.78, 5) is 0. The van der Waals surface area contributed by atoms with Crippen molar-refractivity contribution in [3.63, 3.8) is 0 Å². The summed E-state index contributed by atoms with van der Waals surface area (Å²) in [5.41, 5.74) is 1.16. The third-order valence-electron chi connectivity index (χ3n) is 3.11. The summed E-state index contributed by atoms with van der Waals surface area (Å²) in [5.74, 6) is 0. The SMILES string of the molecule is CC(N[S+]([O-])C(C)(C)C)c1ccc2ccccc2c1. The molecule has 2 atom stereocenters. The lowest BCUT2D eigenvalue weighted by molar-refractivity contribution is 0.531. The van der Waals surface area contributed by atoms with Crippen LogP contribution in [0.15, 0.2) is 42.5 Å². The van der Waals surface area contributed by atoms with Crippen molar-refractivity contribution in [3.05, 3.63) is 48.0 Å². The summed E-state index contributed by atoms with van der Waals surface area (Å²) in [7, 11) is 0. The van der Waals surface area contributed by atoms with Gasteiger partial charge in [-0.1, -0.05) is 36.4 Å². The topological polar surface area (TPSA) is 35.1 Å². The van der Waals surface area contributed by atoms with E-state index in [1.165, 1.54) is 10.8 Å². The van der Waals surface area contributed by atoms with Gasteiger partial charge in [0.1, 0.15) is 4.75 Å². The molecule has 0 aliphatic heterocycles. The Hall–Kier alpha value is -1.03. The van der Waals surface area contributed by atoms with Gasteiger partial charge in [-0.05, 0) is 50.1 Å². The number of hydrogen-bond acceptors (Lipinski definition) is 2. The van der Waals surface area contributed by atoms with Crippen molar-refractivity contribution < 1.29 is 4.55 Å². The largest absolute Gasteiger partial charge is 0.598 e. The first kappa shape index (κ1) is 14.4. The molecule has 2 nitrogen and oxygen atoms in total. The van der Waals surface area contributed by atoms with Gasteiger partial charge in [-0.2, -0.15) is 0 Å². The molecule has 102 valence electrons. The third-order valence-corrected chi connectivity index (χ3v) is 4.79. The zero-order valence-corrected chi connectivity index (χ0v) is 12.8.